The van der Waals surface area contributed by atoms with E-state index in [1.807, 2.05) is 25.1 Å². The smallest absolute Gasteiger partial charge is 0.0474 e. The van der Waals surface area contributed by atoms with Crippen LogP contribution in [0.3, 0.4) is 0 Å². The number of anilines is 1. The summed E-state index contributed by atoms with van der Waals surface area (Å²) >= 11 is 6.29. The van der Waals surface area contributed by atoms with Crippen LogP contribution in [0.4, 0.5) is 5.69 Å². The monoisotopic (exact) mass is 274 g/mol. The molecule has 4 heteroatoms. The van der Waals surface area contributed by atoms with Gasteiger partial charge in [-0.05, 0) is 36.5 Å². The molecule has 0 amide bonds. The summed E-state index contributed by atoms with van der Waals surface area (Å²) in [6.45, 7) is 0. The van der Waals surface area contributed by atoms with Gasteiger partial charge in [-0.25, -0.2) is 0 Å². The van der Waals surface area contributed by atoms with Gasteiger partial charge in [0.1, 0.15) is 0 Å². The van der Waals surface area contributed by atoms with Crippen LogP contribution in [0.15, 0.2) is 18.2 Å². The zero-order valence-corrected chi connectivity index (χ0v) is 11.9. The van der Waals surface area contributed by atoms with Crippen molar-refractivity contribution in [2.24, 2.45) is 11.7 Å². The van der Waals surface area contributed by atoms with E-state index in [1.165, 1.54) is 19.3 Å². The first kappa shape index (κ1) is 14.6. The molecular formula is C13H20Cl2N2. The normalized spacial score (nSPS) is 16.9. The van der Waals surface area contributed by atoms with Gasteiger partial charge in [0.15, 0.2) is 0 Å². The van der Waals surface area contributed by atoms with Crippen LogP contribution >= 0.6 is 24.0 Å². The highest BCUT2D eigenvalue weighted by Gasteiger charge is 2.26. The molecule has 0 heterocycles. The van der Waals surface area contributed by atoms with Crippen molar-refractivity contribution in [3.05, 3.63) is 28.8 Å². The van der Waals surface area contributed by atoms with Crippen molar-refractivity contribution < 1.29 is 0 Å². The summed E-state index contributed by atoms with van der Waals surface area (Å²) in [5, 5.41) is 0.797. The largest absolute Gasteiger partial charge is 0.378 e. The van der Waals surface area contributed by atoms with Crippen LogP contribution in [0.25, 0.3) is 0 Å². The maximum Gasteiger partial charge on any atom is 0.0474 e. The SMILES string of the molecule is CN(C)c1ccc([C@@H](N)C2CCC2)c(Cl)c1.Cl. The van der Waals surface area contributed by atoms with Crippen LogP contribution in [0.1, 0.15) is 30.9 Å². The summed E-state index contributed by atoms with van der Waals surface area (Å²) < 4.78 is 0. The van der Waals surface area contributed by atoms with Gasteiger partial charge in [0.05, 0.1) is 0 Å². The molecule has 17 heavy (non-hydrogen) atoms. The molecule has 1 fully saturated rings. The van der Waals surface area contributed by atoms with E-state index >= 15 is 0 Å². The van der Waals surface area contributed by atoms with Crippen LogP contribution < -0.4 is 10.6 Å². The lowest BCUT2D eigenvalue weighted by atomic mass is 9.77. The van der Waals surface area contributed by atoms with Gasteiger partial charge < -0.3 is 10.6 Å². The number of rotatable bonds is 3. The molecule has 2 nitrogen and oxygen atoms in total. The zero-order chi connectivity index (χ0) is 11.7. The topological polar surface area (TPSA) is 29.3 Å². The maximum atomic E-state index is 6.29. The Morgan fingerprint density at radius 2 is 2.00 bits per heavy atom. The Hall–Kier alpha value is -0.440. The Morgan fingerprint density at radius 3 is 2.41 bits per heavy atom. The predicted molar refractivity (Wildman–Crippen MR) is 77.3 cm³/mol. The summed E-state index contributed by atoms with van der Waals surface area (Å²) in [5.74, 6) is 0.628. The molecule has 0 spiro atoms. The van der Waals surface area contributed by atoms with E-state index in [0.717, 1.165) is 16.3 Å². The highest BCUT2D eigenvalue weighted by molar-refractivity contribution is 6.31. The summed E-state index contributed by atoms with van der Waals surface area (Å²) in [4.78, 5) is 2.05. The van der Waals surface area contributed by atoms with Gasteiger partial charge in [-0.2, -0.15) is 0 Å². The van der Waals surface area contributed by atoms with Crippen molar-refractivity contribution in [3.63, 3.8) is 0 Å². The Kier molecular flexibility index (Phi) is 5.11. The molecule has 1 aromatic carbocycles. The van der Waals surface area contributed by atoms with Crippen molar-refractivity contribution in [1.29, 1.82) is 0 Å². The van der Waals surface area contributed by atoms with Crippen LogP contribution in [0, 0.1) is 5.92 Å². The average Bonchev–Trinajstić information content (AvgIpc) is 2.14. The minimum absolute atomic E-state index is 0. The van der Waals surface area contributed by atoms with E-state index in [4.69, 9.17) is 17.3 Å². The molecule has 0 saturated heterocycles. The number of nitrogens with two attached hydrogens (primary N) is 1. The van der Waals surface area contributed by atoms with Crippen LogP contribution in [0.2, 0.25) is 5.02 Å². The summed E-state index contributed by atoms with van der Waals surface area (Å²) in [5.41, 5.74) is 8.44. The van der Waals surface area contributed by atoms with Gasteiger partial charge in [-0.3, -0.25) is 0 Å². The molecule has 0 aromatic heterocycles. The third-order valence-corrected chi connectivity index (χ3v) is 3.84. The van der Waals surface area contributed by atoms with Gasteiger partial charge in [-0.1, -0.05) is 24.1 Å². The van der Waals surface area contributed by atoms with E-state index in [9.17, 15) is 0 Å². The van der Waals surface area contributed by atoms with E-state index in [1.54, 1.807) is 0 Å². The fourth-order valence-electron chi connectivity index (χ4n) is 2.12. The Bertz CT molecular complexity index is 376. The molecule has 0 unspecified atom stereocenters. The second-order valence-corrected chi connectivity index (χ2v) is 5.22. The van der Waals surface area contributed by atoms with Crippen molar-refractivity contribution >= 4 is 29.7 Å². The third kappa shape index (κ3) is 3.06. The van der Waals surface area contributed by atoms with Crippen molar-refractivity contribution in [3.8, 4) is 0 Å². The van der Waals surface area contributed by atoms with Gasteiger partial charge in [0.2, 0.25) is 0 Å². The van der Waals surface area contributed by atoms with Gasteiger partial charge in [0, 0.05) is 30.8 Å². The van der Waals surface area contributed by atoms with Gasteiger partial charge in [0.25, 0.3) is 0 Å². The Morgan fingerprint density at radius 1 is 1.35 bits per heavy atom. The molecule has 1 atom stereocenters. The molecule has 1 aliphatic rings. The van der Waals surface area contributed by atoms with Gasteiger partial charge in [-0.15, -0.1) is 12.4 Å². The molecule has 2 rings (SSSR count). The molecule has 0 radical (unpaired) electrons. The molecular weight excluding hydrogens is 255 g/mol. The summed E-state index contributed by atoms with van der Waals surface area (Å²) in [7, 11) is 4.02. The number of halogens is 2. The highest BCUT2D eigenvalue weighted by atomic mass is 35.5. The van der Waals surface area contributed by atoms with Gasteiger partial charge >= 0.3 is 0 Å². The molecule has 1 aliphatic carbocycles. The fourth-order valence-corrected chi connectivity index (χ4v) is 2.42. The highest BCUT2D eigenvalue weighted by Crippen LogP contribution is 2.39. The minimum atomic E-state index is 0. The standard InChI is InChI=1S/C13H19ClN2.ClH/c1-16(2)10-6-7-11(12(14)8-10)13(15)9-4-3-5-9;/h6-9,13H,3-5,15H2,1-2H3;1H/t13-;/m0./s1. The lowest BCUT2D eigenvalue weighted by Gasteiger charge is -2.32. The van der Waals surface area contributed by atoms with E-state index in [-0.39, 0.29) is 18.4 Å². The zero-order valence-electron chi connectivity index (χ0n) is 10.3. The molecule has 1 aromatic rings. The molecule has 1 saturated carbocycles. The van der Waals surface area contributed by atoms with Crippen LogP contribution in [-0.4, -0.2) is 14.1 Å². The first-order chi connectivity index (χ1) is 7.59. The first-order valence-corrected chi connectivity index (χ1v) is 6.19. The van der Waals surface area contributed by atoms with Crippen molar-refractivity contribution in [2.75, 3.05) is 19.0 Å². The lowest BCUT2D eigenvalue weighted by Crippen LogP contribution is -2.27. The van der Waals surface area contributed by atoms with E-state index in [2.05, 4.69) is 12.1 Å². The third-order valence-electron chi connectivity index (χ3n) is 3.52. The summed E-state index contributed by atoms with van der Waals surface area (Å²) in [6, 6.07) is 6.26. The average molecular weight is 275 g/mol. The first-order valence-electron chi connectivity index (χ1n) is 5.82. The summed E-state index contributed by atoms with van der Waals surface area (Å²) in [6.07, 6.45) is 3.80. The maximum absolute atomic E-state index is 6.29. The molecule has 2 N–H and O–H groups in total. The Labute approximate surface area is 115 Å². The van der Waals surface area contributed by atoms with Crippen LogP contribution in [0.5, 0.6) is 0 Å². The van der Waals surface area contributed by atoms with Crippen LogP contribution in [-0.2, 0) is 0 Å². The quantitative estimate of drug-likeness (QED) is 0.912. The van der Waals surface area contributed by atoms with E-state index in [0.29, 0.717) is 5.92 Å². The minimum Gasteiger partial charge on any atom is -0.378 e. The molecule has 96 valence electrons. The molecule has 0 bridgehead atoms. The second-order valence-electron chi connectivity index (χ2n) is 4.82. The van der Waals surface area contributed by atoms with Crippen molar-refractivity contribution in [2.45, 2.75) is 25.3 Å². The molecule has 0 aliphatic heterocycles. The van der Waals surface area contributed by atoms with E-state index < -0.39 is 0 Å². The van der Waals surface area contributed by atoms with Crippen molar-refractivity contribution in [1.82, 2.24) is 0 Å². The number of hydrogen-bond donors (Lipinski definition) is 1. The number of hydrogen-bond acceptors (Lipinski definition) is 2. The fraction of sp³-hybridized carbons (Fsp3) is 0.538. The Balaban J connectivity index is 0.00000144. The number of nitrogens with zero attached hydrogens (tertiary/aromatic N) is 1. The second kappa shape index (κ2) is 5.94. The lowest BCUT2D eigenvalue weighted by molar-refractivity contribution is 0.264. The number of benzene rings is 1. The predicted octanol–water partition coefficient (Wildman–Crippen LogP) is 3.63.